The number of aliphatic hydroxyl groups excluding tert-OH is 1. The summed E-state index contributed by atoms with van der Waals surface area (Å²) in [5.41, 5.74) is 0. The maximum Gasteiger partial charge on any atom is 0.0431 e. The maximum atomic E-state index is 8.60. The summed E-state index contributed by atoms with van der Waals surface area (Å²) in [6, 6.07) is 0. The van der Waals surface area contributed by atoms with Crippen LogP contribution in [0.4, 0.5) is 0 Å². The predicted molar refractivity (Wildman–Crippen MR) is 63.4 cm³/mol. The van der Waals surface area contributed by atoms with Crippen LogP contribution in [0.15, 0.2) is 0 Å². The molecule has 1 unspecified atom stereocenters. The molecule has 0 rings (SSSR count). The third kappa shape index (κ3) is 8.55. The normalized spacial score (nSPS) is 13.5. The van der Waals surface area contributed by atoms with Gasteiger partial charge in [-0.25, -0.2) is 0 Å². The van der Waals surface area contributed by atoms with Gasteiger partial charge < -0.3 is 5.11 Å². The largest absolute Gasteiger partial charge is 0.396 e. The first-order chi connectivity index (χ1) is 6.68. The van der Waals surface area contributed by atoms with Crippen LogP contribution >= 0.6 is 0 Å². The highest BCUT2D eigenvalue weighted by atomic mass is 16.2. The predicted octanol–water partition coefficient (Wildman–Crippen LogP) is 4.00. The summed E-state index contributed by atoms with van der Waals surface area (Å²) >= 11 is 0. The van der Waals surface area contributed by atoms with Crippen LogP contribution in [-0.4, -0.2) is 11.7 Å². The SMILES string of the molecule is CC(C)C(C)CCCCCCCCO. The summed E-state index contributed by atoms with van der Waals surface area (Å²) in [5.74, 6) is 1.72. The van der Waals surface area contributed by atoms with Gasteiger partial charge in [-0.05, 0) is 18.3 Å². The molecular weight excluding hydrogens is 172 g/mol. The van der Waals surface area contributed by atoms with Crippen LogP contribution in [0.5, 0.6) is 0 Å². The number of aliphatic hydroxyl groups is 1. The highest BCUT2D eigenvalue weighted by molar-refractivity contribution is 4.57. The zero-order valence-corrected chi connectivity index (χ0v) is 10.3. The van der Waals surface area contributed by atoms with Crippen LogP contribution in [0.3, 0.4) is 0 Å². The first-order valence-electron chi connectivity index (χ1n) is 6.29. The van der Waals surface area contributed by atoms with Crippen molar-refractivity contribution in [3.8, 4) is 0 Å². The molecule has 86 valence electrons. The van der Waals surface area contributed by atoms with E-state index in [4.69, 9.17) is 5.11 Å². The molecule has 1 heteroatoms. The molecule has 0 radical (unpaired) electrons. The molecule has 1 N–H and O–H groups in total. The smallest absolute Gasteiger partial charge is 0.0431 e. The van der Waals surface area contributed by atoms with E-state index in [2.05, 4.69) is 20.8 Å². The summed E-state index contributed by atoms with van der Waals surface area (Å²) in [6.45, 7) is 7.35. The van der Waals surface area contributed by atoms with Crippen LogP contribution in [0.2, 0.25) is 0 Å². The zero-order valence-electron chi connectivity index (χ0n) is 10.3. The Morgan fingerprint density at radius 1 is 0.786 bits per heavy atom. The summed E-state index contributed by atoms with van der Waals surface area (Å²) in [6.07, 6.45) is 9.00. The van der Waals surface area contributed by atoms with E-state index in [-0.39, 0.29) is 0 Å². The van der Waals surface area contributed by atoms with Crippen molar-refractivity contribution in [1.29, 1.82) is 0 Å². The Balaban J connectivity index is 3.06. The average molecular weight is 200 g/mol. The van der Waals surface area contributed by atoms with Gasteiger partial charge in [0.1, 0.15) is 0 Å². The highest BCUT2D eigenvalue weighted by Gasteiger charge is 2.05. The molecule has 1 atom stereocenters. The van der Waals surface area contributed by atoms with Gasteiger partial charge in [-0.15, -0.1) is 0 Å². The van der Waals surface area contributed by atoms with Crippen molar-refractivity contribution >= 4 is 0 Å². The van der Waals surface area contributed by atoms with Gasteiger partial charge in [0.15, 0.2) is 0 Å². The van der Waals surface area contributed by atoms with Gasteiger partial charge >= 0.3 is 0 Å². The Morgan fingerprint density at radius 2 is 1.29 bits per heavy atom. The van der Waals surface area contributed by atoms with Gasteiger partial charge in [0, 0.05) is 6.61 Å². The van der Waals surface area contributed by atoms with E-state index in [9.17, 15) is 0 Å². The third-order valence-electron chi connectivity index (χ3n) is 3.21. The molecule has 0 aliphatic carbocycles. The standard InChI is InChI=1S/C13H28O/c1-12(2)13(3)10-8-6-4-5-7-9-11-14/h12-14H,4-11H2,1-3H3. The number of unbranched alkanes of at least 4 members (excludes halogenated alkanes) is 5. The molecule has 0 spiro atoms. The number of hydrogen-bond acceptors (Lipinski definition) is 1. The highest BCUT2D eigenvalue weighted by Crippen LogP contribution is 2.18. The molecule has 0 saturated heterocycles. The first-order valence-corrected chi connectivity index (χ1v) is 6.29. The maximum absolute atomic E-state index is 8.60. The minimum Gasteiger partial charge on any atom is -0.396 e. The molecular formula is C13H28O. The summed E-state index contributed by atoms with van der Waals surface area (Å²) in [7, 11) is 0. The van der Waals surface area contributed by atoms with Gasteiger partial charge in [-0.2, -0.15) is 0 Å². The minimum atomic E-state index is 0.365. The Kier molecular flexibility index (Phi) is 9.49. The van der Waals surface area contributed by atoms with Crippen LogP contribution in [0, 0.1) is 11.8 Å². The summed E-state index contributed by atoms with van der Waals surface area (Å²) in [4.78, 5) is 0. The topological polar surface area (TPSA) is 20.2 Å². The fraction of sp³-hybridized carbons (Fsp3) is 1.00. The van der Waals surface area contributed by atoms with E-state index >= 15 is 0 Å². The van der Waals surface area contributed by atoms with E-state index in [0.29, 0.717) is 6.61 Å². The fourth-order valence-corrected chi connectivity index (χ4v) is 1.62. The lowest BCUT2D eigenvalue weighted by Crippen LogP contribution is -2.03. The van der Waals surface area contributed by atoms with Crippen molar-refractivity contribution in [3.63, 3.8) is 0 Å². The summed E-state index contributed by atoms with van der Waals surface area (Å²) < 4.78 is 0. The second-order valence-corrected chi connectivity index (χ2v) is 4.85. The lowest BCUT2D eigenvalue weighted by molar-refractivity contribution is 0.282. The molecule has 0 aliphatic heterocycles. The van der Waals surface area contributed by atoms with Gasteiger partial charge in [-0.1, -0.05) is 59.3 Å². The molecule has 0 bridgehead atoms. The lowest BCUT2D eigenvalue weighted by atomic mass is 9.92. The Hall–Kier alpha value is -0.0400. The average Bonchev–Trinajstić information content (AvgIpc) is 2.16. The number of rotatable bonds is 9. The second-order valence-electron chi connectivity index (χ2n) is 4.85. The Bertz CT molecular complexity index is 110. The number of hydrogen-bond donors (Lipinski definition) is 1. The molecule has 1 nitrogen and oxygen atoms in total. The molecule has 0 aromatic rings. The van der Waals surface area contributed by atoms with Crippen LogP contribution in [0.1, 0.15) is 65.7 Å². The van der Waals surface area contributed by atoms with Crippen molar-refractivity contribution in [2.75, 3.05) is 6.61 Å². The second kappa shape index (κ2) is 9.51. The molecule has 0 aromatic heterocycles. The lowest BCUT2D eigenvalue weighted by Gasteiger charge is -2.14. The summed E-state index contributed by atoms with van der Waals surface area (Å²) in [5, 5.41) is 8.60. The van der Waals surface area contributed by atoms with E-state index in [1.54, 1.807) is 0 Å². The van der Waals surface area contributed by atoms with E-state index in [1.165, 1.54) is 38.5 Å². The van der Waals surface area contributed by atoms with Crippen LogP contribution in [-0.2, 0) is 0 Å². The molecule has 0 amide bonds. The first kappa shape index (κ1) is 14.0. The third-order valence-corrected chi connectivity index (χ3v) is 3.21. The minimum absolute atomic E-state index is 0.365. The van der Waals surface area contributed by atoms with Crippen molar-refractivity contribution in [1.82, 2.24) is 0 Å². The van der Waals surface area contributed by atoms with Crippen molar-refractivity contribution < 1.29 is 5.11 Å². The molecule has 0 saturated carbocycles. The van der Waals surface area contributed by atoms with Crippen LogP contribution < -0.4 is 0 Å². The van der Waals surface area contributed by atoms with Gasteiger partial charge in [-0.3, -0.25) is 0 Å². The van der Waals surface area contributed by atoms with Crippen molar-refractivity contribution in [2.24, 2.45) is 11.8 Å². The Morgan fingerprint density at radius 3 is 1.79 bits per heavy atom. The van der Waals surface area contributed by atoms with Crippen LogP contribution in [0.25, 0.3) is 0 Å². The molecule has 14 heavy (non-hydrogen) atoms. The van der Waals surface area contributed by atoms with Gasteiger partial charge in [0.2, 0.25) is 0 Å². The molecule has 0 heterocycles. The Labute approximate surface area is 89.9 Å². The zero-order chi connectivity index (χ0) is 10.8. The molecule has 0 aromatic carbocycles. The fourth-order valence-electron chi connectivity index (χ4n) is 1.62. The van der Waals surface area contributed by atoms with E-state index in [1.807, 2.05) is 0 Å². The van der Waals surface area contributed by atoms with E-state index in [0.717, 1.165) is 18.3 Å². The monoisotopic (exact) mass is 200 g/mol. The molecule has 0 aliphatic rings. The van der Waals surface area contributed by atoms with Crippen molar-refractivity contribution in [3.05, 3.63) is 0 Å². The quantitative estimate of drug-likeness (QED) is 0.558. The van der Waals surface area contributed by atoms with Crippen molar-refractivity contribution in [2.45, 2.75) is 65.7 Å². The van der Waals surface area contributed by atoms with Gasteiger partial charge in [0.05, 0.1) is 0 Å². The van der Waals surface area contributed by atoms with E-state index < -0.39 is 0 Å². The molecule has 0 fully saturated rings. The van der Waals surface area contributed by atoms with Gasteiger partial charge in [0.25, 0.3) is 0 Å².